The van der Waals surface area contributed by atoms with Crippen LogP contribution in [0.3, 0.4) is 0 Å². The maximum Gasteiger partial charge on any atom is 0.226 e. The van der Waals surface area contributed by atoms with Gasteiger partial charge in [0.2, 0.25) is 5.91 Å². The Morgan fingerprint density at radius 3 is 2.56 bits per heavy atom. The van der Waals surface area contributed by atoms with E-state index < -0.39 is 0 Å². The van der Waals surface area contributed by atoms with Gasteiger partial charge in [0.25, 0.3) is 0 Å². The molecule has 7 heteroatoms. The number of carbonyl (C=O) groups is 1. The van der Waals surface area contributed by atoms with Gasteiger partial charge in [-0.1, -0.05) is 41.9 Å². The van der Waals surface area contributed by atoms with Gasteiger partial charge in [0.15, 0.2) is 0 Å². The molecule has 1 unspecified atom stereocenters. The summed E-state index contributed by atoms with van der Waals surface area (Å²) in [5.41, 5.74) is 7.58. The van der Waals surface area contributed by atoms with Crippen LogP contribution in [-0.2, 0) is 9.53 Å². The molecule has 0 saturated carbocycles. The normalized spacial score (nSPS) is 11.3. The fraction of sp³-hybridized carbons (Fsp3) is 0.278. The van der Waals surface area contributed by atoms with Crippen molar-refractivity contribution in [1.82, 2.24) is 0 Å². The summed E-state index contributed by atoms with van der Waals surface area (Å²) in [4.78, 5) is 12.1. The highest BCUT2D eigenvalue weighted by Gasteiger charge is 2.12. The van der Waals surface area contributed by atoms with Crippen molar-refractivity contribution in [2.24, 2.45) is 5.73 Å². The second kappa shape index (κ2) is 10.9. The van der Waals surface area contributed by atoms with E-state index in [9.17, 15) is 4.79 Å². The largest absolute Gasteiger partial charge is 0.490 e. The molecule has 0 aliphatic heterocycles. The van der Waals surface area contributed by atoms with Gasteiger partial charge in [0, 0.05) is 25.3 Å². The van der Waals surface area contributed by atoms with E-state index in [-0.39, 0.29) is 30.8 Å². The highest BCUT2D eigenvalue weighted by molar-refractivity contribution is 6.32. The molecule has 1 amide bonds. The van der Waals surface area contributed by atoms with E-state index in [1.54, 1.807) is 25.3 Å². The van der Waals surface area contributed by atoms with Crippen LogP contribution in [0.5, 0.6) is 5.75 Å². The highest BCUT2D eigenvalue weighted by atomic mass is 35.5. The van der Waals surface area contributed by atoms with Crippen molar-refractivity contribution in [1.29, 1.82) is 0 Å². The minimum atomic E-state index is -0.349. The third-order valence-corrected chi connectivity index (χ3v) is 3.69. The molecule has 0 heterocycles. The van der Waals surface area contributed by atoms with Gasteiger partial charge in [-0.15, -0.1) is 12.4 Å². The first-order chi connectivity index (χ1) is 11.6. The van der Waals surface area contributed by atoms with E-state index in [0.717, 1.165) is 5.56 Å². The molecule has 2 aromatic rings. The van der Waals surface area contributed by atoms with Crippen LogP contribution < -0.4 is 15.8 Å². The number of ether oxygens (including phenoxy) is 2. The van der Waals surface area contributed by atoms with E-state index in [2.05, 4.69) is 5.32 Å². The van der Waals surface area contributed by atoms with Crippen LogP contribution in [0.2, 0.25) is 5.02 Å². The molecule has 0 radical (unpaired) electrons. The summed E-state index contributed by atoms with van der Waals surface area (Å²) in [5.74, 6) is 0.378. The number of amides is 1. The number of anilines is 1. The molecule has 0 aliphatic carbocycles. The van der Waals surface area contributed by atoms with Gasteiger partial charge in [-0.2, -0.15) is 0 Å². The standard InChI is InChI=1S/C18H21ClN2O3.ClH/c1-23-9-10-24-17-8-7-14(11-15(17)19)21-18(22)12-16(20)13-5-3-2-4-6-13;/h2-8,11,16H,9-10,12,20H2,1H3,(H,21,22);1H. The number of hydrogen-bond acceptors (Lipinski definition) is 4. The lowest BCUT2D eigenvalue weighted by Crippen LogP contribution is -2.20. The van der Waals surface area contributed by atoms with Gasteiger partial charge in [-0.3, -0.25) is 4.79 Å². The summed E-state index contributed by atoms with van der Waals surface area (Å²) >= 11 is 6.15. The number of methoxy groups -OCH3 is 1. The van der Waals surface area contributed by atoms with Crippen molar-refractivity contribution in [3.63, 3.8) is 0 Å². The molecule has 0 aromatic heterocycles. The van der Waals surface area contributed by atoms with Crippen LogP contribution in [0.1, 0.15) is 18.0 Å². The van der Waals surface area contributed by atoms with Crippen molar-refractivity contribution in [3.8, 4) is 5.75 Å². The van der Waals surface area contributed by atoms with Crippen molar-refractivity contribution in [2.75, 3.05) is 25.6 Å². The number of benzene rings is 2. The summed E-state index contributed by atoms with van der Waals surface area (Å²) in [6, 6.07) is 14.3. The number of carbonyl (C=O) groups excluding carboxylic acids is 1. The van der Waals surface area contributed by atoms with Crippen LogP contribution in [0.25, 0.3) is 0 Å². The third kappa shape index (κ3) is 6.92. The molecule has 25 heavy (non-hydrogen) atoms. The Kier molecular flexibility index (Phi) is 9.31. The molecule has 0 bridgehead atoms. The van der Waals surface area contributed by atoms with Crippen molar-refractivity contribution in [2.45, 2.75) is 12.5 Å². The maximum atomic E-state index is 12.1. The number of nitrogens with one attached hydrogen (secondary N) is 1. The van der Waals surface area contributed by atoms with Crippen LogP contribution in [-0.4, -0.2) is 26.2 Å². The lowest BCUT2D eigenvalue weighted by atomic mass is 10.0. The predicted octanol–water partition coefficient (Wildman–Crippen LogP) is 3.82. The van der Waals surface area contributed by atoms with Gasteiger partial charge in [-0.25, -0.2) is 0 Å². The fourth-order valence-electron chi connectivity index (χ4n) is 2.16. The Balaban J connectivity index is 0.00000312. The summed E-state index contributed by atoms with van der Waals surface area (Å²) in [6.07, 6.45) is 0.188. The quantitative estimate of drug-likeness (QED) is 0.678. The van der Waals surface area contributed by atoms with Gasteiger partial charge in [0.05, 0.1) is 11.6 Å². The van der Waals surface area contributed by atoms with Gasteiger partial charge in [-0.05, 0) is 23.8 Å². The maximum absolute atomic E-state index is 12.1. The van der Waals surface area contributed by atoms with E-state index >= 15 is 0 Å². The topological polar surface area (TPSA) is 73.6 Å². The minimum absolute atomic E-state index is 0. The van der Waals surface area contributed by atoms with Gasteiger partial charge >= 0.3 is 0 Å². The second-order valence-corrected chi connectivity index (χ2v) is 5.66. The number of halogens is 2. The zero-order valence-corrected chi connectivity index (χ0v) is 15.5. The number of nitrogens with two attached hydrogens (primary N) is 1. The highest BCUT2D eigenvalue weighted by Crippen LogP contribution is 2.28. The van der Waals surface area contributed by atoms with Crippen molar-refractivity contribution >= 4 is 35.6 Å². The molecule has 0 aliphatic rings. The van der Waals surface area contributed by atoms with E-state index in [1.807, 2.05) is 30.3 Å². The van der Waals surface area contributed by atoms with E-state index in [4.69, 9.17) is 26.8 Å². The summed E-state index contributed by atoms with van der Waals surface area (Å²) in [5, 5.41) is 3.22. The second-order valence-electron chi connectivity index (χ2n) is 5.26. The first-order valence-corrected chi connectivity index (χ1v) is 7.99. The molecule has 136 valence electrons. The first-order valence-electron chi connectivity index (χ1n) is 7.62. The third-order valence-electron chi connectivity index (χ3n) is 3.39. The molecule has 2 aromatic carbocycles. The fourth-order valence-corrected chi connectivity index (χ4v) is 2.40. The Morgan fingerprint density at radius 2 is 1.92 bits per heavy atom. The predicted molar refractivity (Wildman–Crippen MR) is 103 cm³/mol. The molecule has 2 rings (SSSR count). The Bertz CT molecular complexity index is 669. The average molecular weight is 385 g/mol. The van der Waals surface area contributed by atoms with Crippen LogP contribution >= 0.6 is 24.0 Å². The molecular formula is C18H22Cl2N2O3. The summed E-state index contributed by atoms with van der Waals surface area (Å²) < 4.78 is 10.4. The zero-order valence-electron chi connectivity index (χ0n) is 13.9. The molecule has 5 nitrogen and oxygen atoms in total. The summed E-state index contributed by atoms with van der Waals surface area (Å²) in [7, 11) is 1.60. The Hall–Kier alpha value is -1.79. The summed E-state index contributed by atoms with van der Waals surface area (Å²) in [6.45, 7) is 0.889. The Morgan fingerprint density at radius 1 is 1.20 bits per heavy atom. The van der Waals surface area contributed by atoms with Crippen LogP contribution in [0, 0.1) is 0 Å². The molecule has 0 saturated heterocycles. The van der Waals surface area contributed by atoms with Crippen molar-refractivity contribution in [3.05, 3.63) is 59.1 Å². The van der Waals surface area contributed by atoms with Gasteiger partial charge in [0.1, 0.15) is 12.4 Å². The monoisotopic (exact) mass is 384 g/mol. The number of hydrogen-bond donors (Lipinski definition) is 2. The smallest absolute Gasteiger partial charge is 0.226 e. The molecule has 0 spiro atoms. The van der Waals surface area contributed by atoms with Gasteiger partial charge < -0.3 is 20.5 Å². The van der Waals surface area contributed by atoms with Crippen LogP contribution in [0.4, 0.5) is 5.69 Å². The van der Waals surface area contributed by atoms with E-state index in [0.29, 0.717) is 29.7 Å². The molecule has 0 fully saturated rings. The molecule has 3 N–H and O–H groups in total. The Labute approximate surface area is 158 Å². The first kappa shape index (κ1) is 21.3. The van der Waals surface area contributed by atoms with Crippen LogP contribution in [0.15, 0.2) is 48.5 Å². The lowest BCUT2D eigenvalue weighted by molar-refractivity contribution is -0.116. The lowest BCUT2D eigenvalue weighted by Gasteiger charge is -2.13. The average Bonchev–Trinajstić information content (AvgIpc) is 2.57. The van der Waals surface area contributed by atoms with Crippen molar-refractivity contribution < 1.29 is 14.3 Å². The molecular weight excluding hydrogens is 363 g/mol. The SMILES string of the molecule is COCCOc1ccc(NC(=O)CC(N)c2ccccc2)cc1Cl.Cl. The zero-order chi connectivity index (χ0) is 17.4. The number of rotatable bonds is 8. The minimum Gasteiger partial charge on any atom is -0.490 e. The molecule has 1 atom stereocenters. The van der Waals surface area contributed by atoms with E-state index in [1.165, 1.54) is 0 Å².